The molecular formula is C18H17BN4O5. The number of nitrogens with two attached hydrogens (primary N) is 1. The van der Waals surface area contributed by atoms with E-state index in [0.29, 0.717) is 17.1 Å². The van der Waals surface area contributed by atoms with Gasteiger partial charge in [-0.05, 0) is 36.8 Å². The molecule has 1 heterocycles. The highest BCUT2D eigenvalue weighted by molar-refractivity contribution is 6.59. The first kappa shape index (κ1) is 20.6. The first-order chi connectivity index (χ1) is 13.4. The molecule has 0 aliphatic heterocycles. The first-order valence-electron chi connectivity index (χ1n) is 7.96. The number of aromatic nitrogens is 2. The number of fused-ring (bicyclic) bond motifs is 1. The van der Waals surface area contributed by atoms with Crippen LogP contribution in [0.1, 0.15) is 11.3 Å². The summed E-state index contributed by atoms with van der Waals surface area (Å²) in [5.41, 5.74) is 8.25. The summed E-state index contributed by atoms with van der Waals surface area (Å²) >= 11 is 0. The highest BCUT2D eigenvalue weighted by atomic mass is 16.5. The Morgan fingerprint density at radius 1 is 1.21 bits per heavy atom. The molecule has 0 saturated carbocycles. The minimum absolute atomic E-state index is 0.113. The van der Waals surface area contributed by atoms with Crippen molar-refractivity contribution in [1.29, 1.82) is 5.26 Å². The lowest BCUT2D eigenvalue weighted by Gasteiger charge is -2.14. The number of hydrogen-bond acceptors (Lipinski definition) is 8. The van der Waals surface area contributed by atoms with E-state index in [1.807, 2.05) is 31.2 Å². The van der Waals surface area contributed by atoms with Gasteiger partial charge in [0.25, 0.3) is 6.47 Å². The molecule has 0 bridgehead atoms. The van der Waals surface area contributed by atoms with Gasteiger partial charge in [0.05, 0.1) is 24.4 Å². The molecule has 1 aromatic heterocycles. The van der Waals surface area contributed by atoms with E-state index in [4.69, 9.17) is 20.4 Å². The molecule has 2 aromatic carbocycles. The smallest absolute Gasteiger partial charge is 0.489 e. The van der Waals surface area contributed by atoms with Crippen molar-refractivity contribution in [2.24, 2.45) is 0 Å². The summed E-state index contributed by atoms with van der Waals surface area (Å²) in [7, 11) is -0.270. The van der Waals surface area contributed by atoms with Crippen LogP contribution in [-0.2, 0) is 4.79 Å². The third-order valence-corrected chi connectivity index (χ3v) is 4.07. The van der Waals surface area contributed by atoms with E-state index in [-0.39, 0.29) is 17.5 Å². The van der Waals surface area contributed by atoms with Crippen molar-refractivity contribution in [2.75, 3.05) is 12.8 Å². The summed E-state index contributed by atoms with van der Waals surface area (Å²) in [5, 5.41) is 44.7. The Hall–Kier alpha value is -3.68. The molecule has 0 aliphatic rings. The maximum absolute atomic E-state index is 9.55. The molecule has 5 N–H and O–H groups in total. The number of hydrogen-bond donors (Lipinski definition) is 4. The fraction of sp³-hybridized carbons (Fsp3) is 0.111. The standard InChI is InChI=1S/C17H15BN4O3.CH2O2/c1-9-13-5-10(3-4-12(13)17(20)22-21-9)14-7-15(18(23)24)11(8-19)6-16(14)25-2;2-1-3/h3-7,23-24H,1-2H3,(H2,20,22);1H,(H,2,3). The Bertz CT molecular complexity index is 1070. The third kappa shape index (κ3) is 4.01. The molecule has 10 heteroatoms. The van der Waals surface area contributed by atoms with Gasteiger partial charge in [0.2, 0.25) is 0 Å². The number of nitrogens with zero attached hydrogens (tertiary/aromatic N) is 3. The van der Waals surface area contributed by atoms with Crippen LogP contribution < -0.4 is 15.9 Å². The highest BCUT2D eigenvalue weighted by Gasteiger charge is 2.20. The molecular weight excluding hydrogens is 363 g/mol. The van der Waals surface area contributed by atoms with Crippen LogP contribution in [0.2, 0.25) is 0 Å². The number of benzene rings is 2. The normalized spacial score (nSPS) is 9.82. The molecule has 3 rings (SSSR count). The molecule has 0 atom stereocenters. The molecule has 0 spiro atoms. The Labute approximate surface area is 160 Å². The molecule has 0 unspecified atom stereocenters. The van der Waals surface area contributed by atoms with E-state index in [1.54, 1.807) is 0 Å². The van der Waals surface area contributed by atoms with Crippen molar-refractivity contribution < 1.29 is 24.7 Å². The summed E-state index contributed by atoms with van der Waals surface area (Å²) in [5.74, 6) is 0.790. The van der Waals surface area contributed by atoms with E-state index in [1.165, 1.54) is 19.2 Å². The summed E-state index contributed by atoms with van der Waals surface area (Å²) in [6.07, 6.45) is 0. The molecule has 28 heavy (non-hydrogen) atoms. The van der Waals surface area contributed by atoms with Crippen LogP contribution in [0.25, 0.3) is 21.9 Å². The maximum atomic E-state index is 9.55. The van der Waals surface area contributed by atoms with Crippen LogP contribution >= 0.6 is 0 Å². The lowest BCUT2D eigenvalue weighted by atomic mass is 9.75. The van der Waals surface area contributed by atoms with Crippen molar-refractivity contribution in [3.63, 3.8) is 0 Å². The monoisotopic (exact) mass is 380 g/mol. The topological polar surface area (TPSA) is 163 Å². The number of methoxy groups -OCH3 is 1. The maximum Gasteiger partial charge on any atom is 0.489 e. The predicted molar refractivity (Wildman–Crippen MR) is 104 cm³/mol. The SMILES string of the molecule is COc1cc(C#N)c(B(O)O)cc1-c1ccc2c(N)nnc(C)c2c1.O=CO. The Balaban J connectivity index is 0.000000878. The van der Waals surface area contributed by atoms with Crippen LogP contribution in [0.15, 0.2) is 30.3 Å². The molecule has 0 radical (unpaired) electrons. The number of rotatable bonds is 3. The number of carbonyl (C=O) groups is 1. The predicted octanol–water partition coefficient (Wildman–Crippen LogP) is 0.448. The fourth-order valence-electron chi connectivity index (χ4n) is 2.77. The van der Waals surface area contributed by atoms with Gasteiger partial charge < -0.3 is 25.6 Å². The van der Waals surface area contributed by atoms with Crippen LogP contribution in [0.4, 0.5) is 5.82 Å². The first-order valence-corrected chi connectivity index (χ1v) is 7.96. The van der Waals surface area contributed by atoms with E-state index < -0.39 is 7.12 Å². The molecule has 0 fully saturated rings. The minimum Gasteiger partial charge on any atom is -0.496 e. The quantitative estimate of drug-likeness (QED) is 0.373. The summed E-state index contributed by atoms with van der Waals surface area (Å²) in [6, 6.07) is 10.5. The summed E-state index contributed by atoms with van der Waals surface area (Å²) in [4.78, 5) is 8.36. The van der Waals surface area contributed by atoms with Gasteiger partial charge in [-0.3, -0.25) is 4.79 Å². The lowest BCUT2D eigenvalue weighted by molar-refractivity contribution is -0.122. The fourth-order valence-corrected chi connectivity index (χ4v) is 2.77. The van der Waals surface area contributed by atoms with Crippen molar-refractivity contribution in [3.8, 4) is 22.9 Å². The van der Waals surface area contributed by atoms with Gasteiger partial charge in [0.15, 0.2) is 5.82 Å². The molecule has 0 aliphatic carbocycles. The van der Waals surface area contributed by atoms with Crippen molar-refractivity contribution in [1.82, 2.24) is 10.2 Å². The average Bonchev–Trinajstić information content (AvgIpc) is 2.70. The van der Waals surface area contributed by atoms with E-state index in [2.05, 4.69) is 10.2 Å². The molecule has 9 nitrogen and oxygen atoms in total. The van der Waals surface area contributed by atoms with Crippen LogP contribution in [0, 0.1) is 18.3 Å². The minimum atomic E-state index is -1.76. The molecule has 3 aromatic rings. The Kier molecular flexibility index (Phi) is 6.49. The number of nitrogen functional groups attached to an aromatic ring is 1. The molecule has 142 valence electrons. The Morgan fingerprint density at radius 3 is 2.46 bits per heavy atom. The van der Waals surface area contributed by atoms with Crippen LogP contribution in [0.3, 0.4) is 0 Å². The number of nitriles is 1. The zero-order chi connectivity index (χ0) is 20.8. The van der Waals surface area contributed by atoms with Gasteiger partial charge in [-0.25, -0.2) is 0 Å². The van der Waals surface area contributed by atoms with Gasteiger partial charge >= 0.3 is 7.12 Å². The second-order valence-corrected chi connectivity index (χ2v) is 5.66. The lowest BCUT2D eigenvalue weighted by Crippen LogP contribution is -2.32. The molecule has 0 saturated heterocycles. The zero-order valence-corrected chi connectivity index (χ0v) is 15.1. The van der Waals surface area contributed by atoms with E-state index >= 15 is 0 Å². The number of carboxylic acid groups (broad SMARTS) is 1. The molecule has 0 amide bonds. The Morgan fingerprint density at radius 2 is 1.89 bits per heavy atom. The largest absolute Gasteiger partial charge is 0.496 e. The number of ether oxygens (including phenoxy) is 1. The average molecular weight is 380 g/mol. The second-order valence-electron chi connectivity index (χ2n) is 5.66. The van der Waals surface area contributed by atoms with Gasteiger partial charge in [-0.1, -0.05) is 6.07 Å². The second kappa shape index (κ2) is 8.81. The number of aryl methyl sites for hydroxylation is 1. The van der Waals surface area contributed by atoms with E-state index in [9.17, 15) is 15.3 Å². The highest BCUT2D eigenvalue weighted by Crippen LogP contribution is 2.33. The van der Waals surface area contributed by atoms with Gasteiger partial charge in [0, 0.05) is 21.8 Å². The van der Waals surface area contributed by atoms with Crippen molar-refractivity contribution in [3.05, 3.63) is 41.6 Å². The third-order valence-electron chi connectivity index (χ3n) is 4.07. The summed E-state index contributed by atoms with van der Waals surface area (Å²) in [6.45, 7) is 1.58. The van der Waals surface area contributed by atoms with Gasteiger partial charge in [-0.15, -0.1) is 5.10 Å². The van der Waals surface area contributed by atoms with Crippen LogP contribution in [0.5, 0.6) is 5.75 Å². The van der Waals surface area contributed by atoms with Crippen molar-refractivity contribution in [2.45, 2.75) is 6.92 Å². The van der Waals surface area contributed by atoms with Gasteiger partial charge in [-0.2, -0.15) is 10.4 Å². The zero-order valence-electron chi connectivity index (χ0n) is 15.1. The van der Waals surface area contributed by atoms with Crippen LogP contribution in [-0.4, -0.2) is 46.1 Å². The van der Waals surface area contributed by atoms with Crippen molar-refractivity contribution >= 4 is 35.6 Å². The summed E-state index contributed by atoms with van der Waals surface area (Å²) < 4.78 is 5.38. The van der Waals surface area contributed by atoms with Gasteiger partial charge in [0.1, 0.15) is 5.75 Å². The van der Waals surface area contributed by atoms with E-state index in [0.717, 1.165) is 22.0 Å². The number of anilines is 1.